The quantitative estimate of drug-likeness (QED) is 0.667. The number of fused-ring (bicyclic) bond motifs is 1. The van der Waals surface area contributed by atoms with Crippen LogP contribution in [0.5, 0.6) is 0 Å². The monoisotopic (exact) mass is 439 g/mol. The van der Waals surface area contributed by atoms with E-state index >= 15 is 0 Å². The maximum Gasteiger partial charge on any atom is 0.416 e. The second kappa shape index (κ2) is 8.22. The Hall–Kier alpha value is -3.08. The Morgan fingerprint density at radius 3 is 2.58 bits per heavy atom. The molecule has 1 unspecified atom stereocenters. The first-order valence-electron chi connectivity index (χ1n) is 9.55. The normalized spacial score (nSPS) is 15.3. The third-order valence-electron chi connectivity index (χ3n) is 5.37. The number of allylic oxidation sites excluding steroid dienone is 1. The number of carbonyl (C=O) groups excluding carboxylic acids is 1. The van der Waals surface area contributed by atoms with Gasteiger partial charge >= 0.3 is 17.8 Å². The number of alkyl halides is 3. The number of hydrogen-bond donors (Lipinski definition) is 0. The van der Waals surface area contributed by atoms with E-state index in [-0.39, 0.29) is 36.3 Å². The number of nitrogens with zero attached hydrogens (tertiary/aromatic N) is 5. The molecule has 0 N–H and O–H groups in total. The van der Waals surface area contributed by atoms with Crippen molar-refractivity contribution in [3.63, 3.8) is 0 Å². The summed E-state index contributed by atoms with van der Waals surface area (Å²) in [5.74, 6) is -0.526. The van der Waals surface area contributed by atoms with Gasteiger partial charge in [-0.1, -0.05) is 6.07 Å². The lowest BCUT2D eigenvalue weighted by Gasteiger charge is -2.30. The van der Waals surface area contributed by atoms with Crippen molar-refractivity contribution in [3.8, 4) is 0 Å². The van der Waals surface area contributed by atoms with E-state index in [9.17, 15) is 22.8 Å². The third-order valence-corrected chi connectivity index (χ3v) is 5.37. The molecule has 8 nitrogen and oxygen atoms in total. The van der Waals surface area contributed by atoms with Gasteiger partial charge in [0.1, 0.15) is 0 Å². The zero-order valence-electron chi connectivity index (χ0n) is 17.9. The molecular weight excluding hydrogens is 415 g/mol. The van der Waals surface area contributed by atoms with E-state index in [1.807, 2.05) is 25.9 Å². The van der Waals surface area contributed by atoms with Crippen molar-refractivity contribution in [1.29, 1.82) is 0 Å². The van der Waals surface area contributed by atoms with Crippen LogP contribution in [0, 0.1) is 0 Å². The SMILES string of the molecule is COC(=O)C1=C(C)N(c2cccc(C(F)(F)F)c2)c2nn(CC(C)N(C)C)c(=O)n2C1. The smallest absolute Gasteiger partial charge is 0.416 e. The van der Waals surface area contributed by atoms with Gasteiger partial charge in [0.2, 0.25) is 5.95 Å². The zero-order valence-corrected chi connectivity index (χ0v) is 17.9. The average Bonchev–Trinajstić information content (AvgIpc) is 3.01. The van der Waals surface area contributed by atoms with E-state index in [1.54, 1.807) is 6.92 Å². The molecule has 168 valence electrons. The van der Waals surface area contributed by atoms with E-state index in [1.165, 1.54) is 33.4 Å². The molecule has 11 heteroatoms. The summed E-state index contributed by atoms with van der Waals surface area (Å²) in [5.41, 5.74) is -0.675. The average molecular weight is 439 g/mol. The third kappa shape index (κ3) is 4.22. The number of halogens is 3. The number of benzene rings is 1. The molecule has 2 aromatic rings. The van der Waals surface area contributed by atoms with Gasteiger partial charge in [0.15, 0.2) is 0 Å². The first-order valence-corrected chi connectivity index (χ1v) is 9.55. The molecule has 0 amide bonds. The van der Waals surface area contributed by atoms with Crippen molar-refractivity contribution in [2.45, 2.75) is 39.2 Å². The molecule has 1 atom stereocenters. The number of esters is 1. The minimum Gasteiger partial charge on any atom is -0.466 e. The lowest BCUT2D eigenvalue weighted by molar-refractivity contribution is -0.138. The van der Waals surface area contributed by atoms with E-state index < -0.39 is 23.4 Å². The number of methoxy groups -OCH3 is 1. The van der Waals surface area contributed by atoms with Gasteiger partial charge in [0, 0.05) is 17.4 Å². The summed E-state index contributed by atoms with van der Waals surface area (Å²) in [6, 6.07) is 4.63. The Bertz CT molecular complexity index is 1080. The summed E-state index contributed by atoms with van der Waals surface area (Å²) in [4.78, 5) is 28.6. The van der Waals surface area contributed by atoms with Gasteiger partial charge < -0.3 is 9.64 Å². The van der Waals surface area contributed by atoms with Crippen LogP contribution in [0.2, 0.25) is 0 Å². The highest BCUT2D eigenvalue weighted by Crippen LogP contribution is 2.37. The summed E-state index contributed by atoms with van der Waals surface area (Å²) < 4.78 is 47.2. The molecule has 0 spiro atoms. The first kappa shape index (κ1) is 22.6. The minimum atomic E-state index is -4.55. The van der Waals surface area contributed by atoms with Gasteiger partial charge in [0.25, 0.3) is 0 Å². The number of aromatic nitrogens is 3. The van der Waals surface area contributed by atoms with Crippen molar-refractivity contribution in [1.82, 2.24) is 19.2 Å². The summed E-state index contributed by atoms with van der Waals surface area (Å²) in [6.07, 6.45) is -4.55. The van der Waals surface area contributed by atoms with Gasteiger partial charge in [-0.15, -0.1) is 5.10 Å². The maximum absolute atomic E-state index is 13.3. The van der Waals surface area contributed by atoms with Gasteiger partial charge in [0.05, 0.1) is 31.3 Å². The van der Waals surface area contributed by atoms with Crippen LogP contribution >= 0.6 is 0 Å². The Labute approximate surface area is 177 Å². The zero-order chi connectivity index (χ0) is 23.1. The number of hydrogen-bond acceptors (Lipinski definition) is 6. The van der Waals surface area contributed by atoms with Crippen LogP contribution in [-0.4, -0.2) is 52.5 Å². The van der Waals surface area contributed by atoms with E-state index in [2.05, 4.69) is 5.10 Å². The Kier molecular flexibility index (Phi) is 5.99. The van der Waals surface area contributed by atoms with Crippen LogP contribution in [0.4, 0.5) is 24.8 Å². The highest BCUT2D eigenvalue weighted by Gasteiger charge is 2.35. The molecule has 31 heavy (non-hydrogen) atoms. The van der Waals surface area contributed by atoms with Crippen LogP contribution in [0.1, 0.15) is 19.4 Å². The van der Waals surface area contributed by atoms with Crippen LogP contribution in [0.3, 0.4) is 0 Å². The molecule has 0 saturated carbocycles. The standard InChI is InChI=1S/C20H24F3N5O3/c1-12(25(3)4)10-27-19(30)26-11-16(17(29)31-5)13(2)28(18(26)24-27)15-8-6-7-14(9-15)20(21,22)23/h6-9,12H,10-11H2,1-5H3. The highest BCUT2D eigenvalue weighted by molar-refractivity contribution is 5.91. The fourth-order valence-corrected chi connectivity index (χ4v) is 3.29. The number of ether oxygens (including phenoxy) is 1. The van der Waals surface area contributed by atoms with Crippen LogP contribution in [0.15, 0.2) is 40.3 Å². The van der Waals surface area contributed by atoms with Crippen molar-refractivity contribution >= 4 is 17.6 Å². The minimum absolute atomic E-state index is 0.0224. The molecule has 3 rings (SSSR count). The van der Waals surface area contributed by atoms with Gasteiger partial charge in [-0.05, 0) is 46.1 Å². The number of carbonyl (C=O) groups is 1. The molecule has 2 heterocycles. The topological polar surface area (TPSA) is 72.6 Å². The van der Waals surface area contributed by atoms with Gasteiger partial charge in [-0.2, -0.15) is 13.2 Å². The Balaban J connectivity index is 2.19. The lowest BCUT2D eigenvalue weighted by Crippen LogP contribution is -2.36. The summed E-state index contributed by atoms with van der Waals surface area (Å²) in [7, 11) is 4.93. The van der Waals surface area contributed by atoms with Crippen LogP contribution in [0.25, 0.3) is 0 Å². The molecule has 0 radical (unpaired) electrons. The predicted molar refractivity (Wildman–Crippen MR) is 108 cm³/mol. The van der Waals surface area contributed by atoms with Crippen molar-refractivity contribution in [2.24, 2.45) is 0 Å². The molecule has 0 fully saturated rings. The molecule has 1 aromatic heterocycles. The van der Waals surface area contributed by atoms with Crippen molar-refractivity contribution < 1.29 is 22.7 Å². The predicted octanol–water partition coefficient (Wildman–Crippen LogP) is 2.61. The number of rotatable bonds is 5. The number of likely N-dealkylation sites (N-methyl/N-ethyl adjacent to an activating group) is 1. The van der Waals surface area contributed by atoms with Crippen LogP contribution in [-0.2, 0) is 28.8 Å². The summed E-state index contributed by atoms with van der Waals surface area (Å²) >= 11 is 0. The van der Waals surface area contributed by atoms with E-state index in [0.29, 0.717) is 5.70 Å². The van der Waals surface area contributed by atoms with Gasteiger partial charge in [-0.25, -0.2) is 14.3 Å². The fourth-order valence-electron chi connectivity index (χ4n) is 3.29. The second-order valence-electron chi connectivity index (χ2n) is 7.60. The summed E-state index contributed by atoms with van der Waals surface area (Å²) in [5, 5.41) is 4.39. The molecule has 1 aliphatic rings. The van der Waals surface area contributed by atoms with Gasteiger partial charge in [-0.3, -0.25) is 9.47 Å². The lowest BCUT2D eigenvalue weighted by atomic mass is 10.1. The fraction of sp³-hybridized carbons (Fsp3) is 0.450. The second-order valence-corrected chi connectivity index (χ2v) is 7.60. The van der Waals surface area contributed by atoms with Crippen LogP contribution < -0.4 is 10.6 Å². The molecule has 0 saturated heterocycles. The molecular formula is C20H24F3N5O3. The summed E-state index contributed by atoms with van der Waals surface area (Å²) in [6.45, 7) is 3.69. The highest BCUT2D eigenvalue weighted by atomic mass is 19.4. The Morgan fingerprint density at radius 2 is 2.00 bits per heavy atom. The van der Waals surface area contributed by atoms with Crippen molar-refractivity contribution in [2.75, 3.05) is 26.1 Å². The maximum atomic E-state index is 13.3. The number of anilines is 2. The molecule has 1 aliphatic heterocycles. The Morgan fingerprint density at radius 1 is 1.32 bits per heavy atom. The molecule has 0 aliphatic carbocycles. The molecule has 0 bridgehead atoms. The largest absolute Gasteiger partial charge is 0.466 e. The molecule has 1 aromatic carbocycles. The van der Waals surface area contributed by atoms with E-state index in [0.717, 1.165) is 12.1 Å². The van der Waals surface area contributed by atoms with E-state index in [4.69, 9.17) is 4.74 Å². The van der Waals surface area contributed by atoms with Crippen molar-refractivity contribution in [3.05, 3.63) is 51.6 Å². The first-order chi connectivity index (χ1) is 14.5.